The van der Waals surface area contributed by atoms with Crippen LogP contribution in [0.1, 0.15) is 25.5 Å². The Bertz CT molecular complexity index is 654. The zero-order valence-electron chi connectivity index (χ0n) is 13.6. The van der Waals surface area contributed by atoms with Gasteiger partial charge in [-0.25, -0.2) is 9.59 Å². The highest BCUT2D eigenvalue weighted by molar-refractivity contribution is 5.94. The molecule has 0 bridgehead atoms. The minimum absolute atomic E-state index is 0.346. The number of amides is 2. The summed E-state index contributed by atoms with van der Waals surface area (Å²) in [5.74, 6) is 0.617. The Labute approximate surface area is 134 Å². The lowest BCUT2D eigenvalue weighted by molar-refractivity contribution is -0.136. The Morgan fingerprint density at radius 3 is 2.61 bits per heavy atom. The first-order valence-corrected chi connectivity index (χ1v) is 7.19. The van der Waals surface area contributed by atoms with E-state index in [1.165, 1.54) is 14.2 Å². The highest BCUT2D eigenvalue weighted by Gasteiger charge is 2.32. The molecule has 1 atom stereocenters. The first-order valence-electron chi connectivity index (χ1n) is 7.19. The maximum Gasteiger partial charge on any atom is 0.337 e. The monoisotopic (exact) mass is 320 g/mol. The molecule has 0 saturated heterocycles. The van der Waals surface area contributed by atoms with Gasteiger partial charge in [0, 0.05) is 5.70 Å². The van der Waals surface area contributed by atoms with E-state index < -0.39 is 12.0 Å². The van der Waals surface area contributed by atoms with Gasteiger partial charge in [-0.2, -0.15) is 0 Å². The van der Waals surface area contributed by atoms with Crippen molar-refractivity contribution in [2.45, 2.75) is 19.9 Å². The largest absolute Gasteiger partial charge is 0.493 e. The number of urea groups is 1. The Morgan fingerprint density at radius 1 is 1.26 bits per heavy atom. The summed E-state index contributed by atoms with van der Waals surface area (Å²) in [7, 11) is 2.83. The minimum Gasteiger partial charge on any atom is -0.493 e. The summed E-state index contributed by atoms with van der Waals surface area (Å²) in [6.07, 6.45) is 0. The number of methoxy groups -OCH3 is 2. The van der Waals surface area contributed by atoms with E-state index in [2.05, 4.69) is 10.6 Å². The van der Waals surface area contributed by atoms with Crippen molar-refractivity contribution >= 4 is 12.0 Å². The summed E-state index contributed by atoms with van der Waals surface area (Å²) < 4.78 is 15.6. The summed E-state index contributed by atoms with van der Waals surface area (Å²) in [6.45, 7) is 4.04. The third kappa shape index (κ3) is 3.39. The first kappa shape index (κ1) is 16.7. The second-order valence-corrected chi connectivity index (χ2v) is 4.91. The molecule has 124 valence electrons. The smallest absolute Gasteiger partial charge is 0.337 e. The number of allylic oxidation sites excluding steroid dienone is 1. The molecule has 1 aromatic rings. The molecule has 0 aliphatic carbocycles. The summed E-state index contributed by atoms with van der Waals surface area (Å²) in [5, 5.41) is 5.30. The average Bonchev–Trinajstić information content (AvgIpc) is 2.54. The minimum atomic E-state index is -0.624. The number of rotatable bonds is 5. The van der Waals surface area contributed by atoms with Crippen LogP contribution < -0.4 is 20.1 Å². The first-order chi connectivity index (χ1) is 11.0. The molecule has 7 nitrogen and oxygen atoms in total. The molecule has 1 aliphatic rings. The molecule has 2 amide bonds. The summed E-state index contributed by atoms with van der Waals surface area (Å²) >= 11 is 0. The molecular weight excluding hydrogens is 300 g/mol. The van der Waals surface area contributed by atoms with E-state index in [-0.39, 0.29) is 6.03 Å². The fourth-order valence-corrected chi connectivity index (χ4v) is 2.46. The van der Waals surface area contributed by atoms with E-state index in [0.717, 1.165) is 0 Å². The molecule has 2 N–H and O–H groups in total. The standard InChI is InChI=1S/C16H20N2O5/c1-5-23-11-7-6-10(8-12(11)21-3)14-13(15(19)22-4)9(2)17-16(20)18-14/h6-8,14H,5H2,1-4H3,(H2,17,18,20)/t14-/m1/s1. The number of carbonyl (C=O) groups excluding carboxylic acids is 2. The predicted molar refractivity (Wildman–Crippen MR) is 83.3 cm³/mol. The van der Waals surface area contributed by atoms with Crippen LogP contribution in [0.3, 0.4) is 0 Å². The van der Waals surface area contributed by atoms with E-state index in [9.17, 15) is 9.59 Å². The van der Waals surface area contributed by atoms with Crippen molar-refractivity contribution in [3.05, 3.63) is 35.0 Å². The van der Waals surface area contributed by atoms with Crippen molar-refractivity contribution in [2.24, 2.45) is 0 Å². The number of carbonyl (C=O) groups is 2. The van der Waals surface area contributed by atoms with Crippen molar-refractivity contribution in [3.63, 3.8) is 0 Å². The van der Waals surface area contributed by atoms with Crippen LogP contribution in [0.2, 0.25) is 0 Å². The second kappa shape index (κ2) is 7.04. The number of hydrogen-bond donors (Lipinski definition) is 2. The van der Waals surface area contributed by atoms with E-state index in [1.54, 1.807) is 25.1 Å². The molecule has 7 heteroatoms. The van der Waals surface area contributed by atoms with Crippen molar-refractivity contribution in [1.82, 2.24) is 10.6 Å². The molecular formula is C16H20N2O5. The maximum atomic E-state index is 12.1. The number of nitrogens with one attached hydrogen (secondary N) is 2. The molecule has 0 fully saturated rings. The lowest BCUT2D eigenvalue weighted by Gasteiger charge is -2.28. The Hall–Kier alpha value is -2.70. The number of esters is 1. The lowest BCUT2D eigenvalue weighted by atomic mass is 9.95. The SMILES string of the molecule is CCOc1ccc([C@H]2NC(=O)NC(C)=C2C(=O)OC)cc1OC. The van der Waals surface area contributed by atoms with Gasteiger partial charge in [0.1, 0.15) is 0 Å². The van der Waals surface area contributed by atoms with Gasteiger partial charge < -0.3 is 24.8 Å². The highest BCUT2D eigenvalue weighted by Crippen LogP contribution is 2.34. The predicted octanol–water partition coefficient (Wildman–Crippen LogP) is 1.89. The topological polar surface area (TPSA) is 85.9 Å². The molecule has 0 radical (unpaired) electrons. The molecule has 1 heterocycles. The molecule has 0 spiro atoms. The fraction of sp³-hybridized carbons (Fsp3) is 0.375. The highest BCUT2D eigenvalue weighted by atomic mass is 16.5. The Morgan fingerprint density at radius 2 is 2.00 bits per heavy atom. The number of ether oxygens (including phenoxy) is 3. The summed E-state index contributed by atoms with van der Waals surface area (Å²) in [4.78, 5) is 23.8. The van der Waals surface area contributed by atoms with E-state index in [4.69, 9.17) is 14.2 Å². The van der Waals surface area contributed by atoms with Crippen LogP contribution in [-0.2, 0) is 9.53 Å². The van der Waals surface area contributed by atoms with Gasteiger partial charge in [0.05, 0.1) is 32.4 Å². The quantitative estimate of drug-likeness (QED) is 0.809. The Balaban J connectivity index is 2.47. The van der Waals surface area contributed by atoms with Crippen molar-refractivity contribution in [3.8, 4) is 11.5 Å². The molecule has 1 aromatic carbocycles. The van der Waals surface area contributed by atoms with Gasteiger partial charge in [0.2, 0.25) is 0 Å². The van der Waals surface area contributed by atoms with Crippen LogP contribution in [-0.4, -0.2) is 32.8 Å². The van der Waals surface area contributed by atoms with E-state index in [0.29, 0.717) is 34.9 Å². The molecule has 1 aliphatic heterocycles. The van der Waals surface area contributed by atoms with Crippen molar-refractivity contribution < 1.29 is 23.8 Å². The van der Waals surface area contributed by atoms with Gasteiger partial charge in [0.25, 0.3) is 0 Å². The molecule has 0 saturated carbocycles. The Kier molecular flexibility index (Phi) is 5.10. The number of hydrogen-bond acceptors (Lipinski definition) is 5. The zero-order valence-corrected chi connectivity index (χ0v) is 13.6. The number of benzene rings is 1. The van der Waals surface area contributed by atoms with Gasteiger partial charge >= 0.3 is 12.0 Å². The van der Waals surface area contributed by atoms with Gasteiger partial charge in [-0.1, -0.05) is 6.07 Å². The van der Waals surface area contributed by atoms with Crippen LogP contribution >= 0.6 is 0 Å². The van der Waals surface area contributed by atoms with E-state index >= 15 is 0 Å². The third-order valence-corrected chi connectivity index (χ3v) is 3.50. The molecule has 0 aromatic heterocycles. The van der Waals surface area contributed by atoms with Crippen LogP contribution in [0.5, 0.6) is 11.5 Å². The van der Waals surface area contributed by atoms with Gasteiger partial charge in [-0.05, 0) is 31.5 Å². The third-order valence-electron chi connectivity index (χ3n) is 3.50. The fourth-order valence-electron chi connectivity index (χ4n) is 2.46. The van der Waals surface area contributed by atoms with E-state index in [1.807, 2.05) is 6.92 Å². The van der Waals surface area contributed by atoms with Crippen LogP contribution in [0.15, 0.2) is 29.5 Å². The van der Waals surface area contributed by atoms with Gasteiger partial charge in [-0.15, -0.1) is 0 Å². The molecule has 2 rings (SSSR count). The average molecular weight is 320 g/mol. The molecule has 23 heavy (non-hydrogen) atoms. The van der Waals surface area contributed by atoms with Crippen LogP contribution in [0.4, 0.5) is 4.79 Å². The van der Waals surface area contributed by atoms with Gasteiger partial charge in [-0.3, -0.25) is 0 Å². The maximum absolute atomic E-state index is 12.1. The normalized spacial score (nSPS) is 17.2. The van der Waals surface area contributed by atoms with Crippen LogP contribution in [0.25, 0.3) is 0 Å². The molecule has 0 unspecified atom stereocenters. The summed E-state index contributed by atoms with van der Waals surface area (Å²) in [5.41, 5.74) is 1.50. The second-order valence-electron chi connectivity index (χ2n) is 4.91. The van der Waals surface area contributed by atoms with Crippen LogP contribution in [0, 0.1) is 0 Å². The van der Waals surface area contributed by atoms with Gasteiger partial charge in [0.15, 0.2) is 11.5 Å². The zero-order chi connectivity index (χ0) is 17.0. The lowest BCUT2D eigenvalue weighted by Crippen LogP contribution is -2.45. The van der Waals surface area contributed by atoms with Crippen molar-refractivity contribution in [2.75, 3.05) is 20.8 Å². The van der Waals surface area contributed by atoms with Crippen molar-refractivity contribution in [1.29, 1.82) is 0 Å². The summed E-state index contributed by atoms with van der Waals surface area (Å²) in [6, 6.07) is 4.25.